The highest BCUT2D eigenvalue weighted by Gasteiger charge is 2.53. The molecule has 0 aromatic rings. The van der Waals surface area contributed by atoms with Gasteiger partial charge in [0.1, 0.15) is 0 Å². The fourth-order valence-corrected chi connectivity index (χ4v) is 2.51. The number of aliphatic carboxylic acids is 4. The Hall–Kier alpha value is -2.12. The van der Waals surface area contributed by atoms with Gasteiger partial charge in [0.25, 0.3) is 0 Å². The molecule has 8 nitrogen and oxygen atoms in total. The Labute approximate surface area is 101 Å². The van der Waals surface area contributed by atoms with Crippen LogP contribution in [0.2, 0.25) is 0 Å². The van der Waals surface area contributed by atoms with Gasteiger partial charge in [0.2, 0.25) is 0 Å². The Bertz CT molecular complexity index is 401. The molecular formula is C10H12O8. The van der Waals surface area contributed by atoms with E-state index in [1.54, 1.807) is 0 Å². The van der Waals surface area contributed by atoms with Gasteiger partial charge in [-0.15, -0.1) is 0 Å². The lowest BCUT2D eigenvalue weighted by Crippen LogP contribution is -2.32. The van der Waals surface area contributed by atoms with Crippen molar-refractivity contribution in [3.8, 4) is 0 Å². The molecule has 0 heterocycles. The lowest BCUT2D eigenvalue weighted by molar-refractivity contribution is -0.155. The monoisotopic (exact) mass is 260 g/mol. The van der Waals surface area contributed by atoms with E-state index in [-0.39, 0.29) is 6.42 Å². The first kappa shape index (κ1) is 13.9. The molecule has 0 aromatic heterocycles. The Morgan fingerprint density at radius 1 is 0.833 bits per heavy atom. The van der Waals surface area contributed by atoms with Gasteiger partial charge in [0.15, 0.2) is 0 Å². The fourth-order valence-electron chi connectivity index (χ4n) is 2.51. The van der Waals surface area contributed by atoms with Crippen molar-refractivity contribution in [2.24, 2.45) is 23.7 Å². The molecule has 0 bridgehead atoms. The largest absolute Gasteiger partial charge is 0.481 e. The minimum Gasteiger partial charge on any atom is -0.481 e. The summed E-state index contributed by atoms with van der Waals surface area (Å²) in [6, 6.07) is 0. The SMILES string of the molecule is O=C(O)C[C@@H]1[C@@H](C(=O)O)[C@@H](C(=O)O)C[C@@H]1C(=O)O. The molecule has 0 saturated heterocycles. The van der Waals surface area contributed by atoms with Crippen molar-refractivity contribution < 1.29 is 39.6 Å². The van der Waals surface area contributed by atoms with E-state index in [0.29, 0.717) is 0 Å². The summed E-state index contributed by atoms with van der Waals surface area (Å²) in [6.45, 7) is 0. The van der Waals surface area contributed by atoms with Gasteiger partial charge in [-0.2, -0.15) is 0 Å². The minimum absolute atomic E-state index is 0.362. The van der Waals surface area contributed by atoms with E-state index >= 15 is 0 Å². The van der Waals surface area contributed by atoms with Crippen molar-refractivity contribution in [3.05, 3.63) is 0 Å². The van der Waals surface area contributed by atoms with Crippen molar-refractivity contribution in [1.82, 2.24) is 0 Å². The standard InChI is InChI=1S/C10H12O8/c11-6(12)2-3-4(8(13)14)1-5(9(15)16)7(3)10(17)18/h3-5,7H,1-2H2,(H,11,12)(H,13,14)(H,15,16)(H,17,18)/t3-,4-,5-,7+/m0/s1. The predicted molar refractivity (Wildman–Crippen MR) is 53.7 cm³/mol. The Kier molecular flexibility index (Phi) is 3.89. The van der Waals surface area contributed by atoms with Crippen LogP contribution >= 0.6 is 0 Å². The third-order valence-electron chi connectivity index (χ3n) is 3.25. The summed E-state index contributed by atoms with van der Waals surface area (Å²) in [6.07, 6.45) is -1.03. The van der Waals surface area contributed by atoms with Crippen LogP contribution in [0.4, 0.5) is 0 Å². The van der Waals surface area contributed by atoms with Crippen LogP contribution in [-0.2, 0) is 19.2 Å². The van der Waals surface area contributed by atoms with Gasteiger partial charge in [-0.3, -0.25) is 19.2 Å². The van der Waals surface area contributed by atoms with Crippen molar-refractivity contribution in [3.63, 3.8) is 0 Å². The first-order valence-electron chi connectivity index (χ1n) is 5.16. The maximum Gasteiger partial charge on any atom is 0.307 e. The topological polar surface area (TPSA) is 149 Å². The molecule has 8 heteroatoms. The maximum atomic E-state index is 11.0. The number of hydrogen-bond acceptors (Lipinski definition) is 4. The molecule has 4 atom stereocenters. The molecule has 0 unspecified atom stereocenters. The van der Waals surface area contributed by atoms with Gasteiger partial charge in [0.05, 0.1) is 17.8 Å². The van der Waals surface area contributed by atoms with Crippen LogP contribution < -0.4 is 0 Å². The van der Waals surface area contributed by atoms with Crippen molar-refractivity contribution >= 4 is 23.9 Å². The average Bonchev–Trinajstić information content (AvgIpc) is 2.56. The van der Waals surface area contributed by atoms with Crippen LogP contribution in [0.3, 0.4) is 0 Å². The summed E-state index contributed by atoms with van der Waals surface area (Å²) in [5, 5.41) is 35.4. The molecule has 1 saturated carbocycles. The van der Waals surface area contributed by atoms with Gasteiger partial charge < -0.3 is 20.4 Å². The molecular weight excluding hydrogens is 248 g/mol. The summed E-state index contributed by atoms with van der Waals surface area (Å²) < 4.78 is 0. The molecule has 0 aliphatic heterocycles. The highest BCUT2D eigenvalue weighted by molar-refractivity contribution is 5.85. The second kappa shape index (κ2) is 5.03. The molecule has 0 aromatic carbocycles. The number of rotatable bonds is 5. The van der Waals surface area contributed by atoms with E-state index in [1.165, 1.54) is 0 Å². The average molecular weight is 260 g/mol. The normalized spacial score (nSPS) is 30.9. The van der Waals surface area contributed by atoms with E-state index in [9.17, 15) is 19.2 Å². The fraction of sp³-hybridized carbons (Fsp3) is 0.600. The zero-order chi connectivity index (χ0) is 14.0. The predicted octanol–water partition coefficient (Wildman–Crippen LogP) is -0.417. The molecule has 1 rings (SSSR count). The van der Waals surface area contributed by atoms with Gasteiger partial charge in [-0.05, 0) is 12.3 Å². The van der Waals surface area contributed by atoms with E-state index in [0.717, 1.165) is 0 Å². The molecule has 1 aliphatic rings. The molecule has 100 valence electrons. The van der Waals surface area contributed by atoms with Crippen LogP contribution in [0, 0.1) is 23.7 Å². The second-order valence-electron chi connectivity index (χ2n) is 4.25. The van der Waals surface area contributed by atoms with E-state index in [1.807, 2.05) is 0 Å². The Morgan fingerprint density at radius 3 is 1.67 bits per heavy atom. The van der Waals surface area contributed by atoms with Gasteiger partial charge in [-0.25, -0.2) is 0 Å². The Morgan fingerprint density at radius 2 is 1.33 bits per heavy atom. The van der Waals surface area contributed by atoms with Crippen LogP contribution in [0.25, 0.3) is 0 Å². The molecule has 0 radical (unpaired) electrons. The maximum absolute atomic E-state index is 11.0. The van der Waals surface area contributed by atoms with Gasteiger partial charge in [-0.1, -0.05) is 0 Å². The zero-order valence-electron chi connectivity index (χ0n) is 9.15. The quantitative estimate of drug-likeness (QED) is 0.520. The van der Waals surface area contributed by atoms with E-state index in [4.69, 9.17) is 20.4 Å². The van der Waals surface area contributed by atoms with Crippen molar-refractivity contribution in [1.29, 1.82) is 0 Å². The summed E-state index contributed by atoms with van der Waals surface area (Å²) in [5.74, 6) is -10.9. The summed E-state index contributed by atoms with van der Waals surface area (Å²) in [5.41, 5.74) is 0. The van der Waals surface area contributed by atoms with E-state index < -0.39 is 54.0 Å². The second-order valence-corrected chi connectivity index (χ2v) is 4.25. The smallest absolute Gasteiger partial charge is 0.307 e. The molecule has 1 fully saturated rings. The number of carbonyl (C=O) groups is 4. The summed E-state index contributed by atoms with van der Waals surface area (Å²) >= 11 is 0. The zero-order valence-corrected chi connectivity index (χ0v) is 9.15. The van der Waals surface area contributed by atoms with Gasteiger partial charge in [0, 0.05) is 6.42 Å². The van der Waals surface area contributed by atoms with Gasteiger partial charge >= 0.3 is 23.9 Å². The summed E-state index contributed by atoms with van der Waals surface area (Å²) in [7, 11) is 0. The lowest BCUT2D eigenvalue weighted by Gasteiger charge is -2.18. The molecule has 1 aliphatic carbocycles. The van der Waals surface area contributed by atoms with Crippen LogP contribution in [0.5, 0.6) is 0 Å². The van der Waals surface area contributed by atoms with Crippen LogP contribution in [0.1, 0.15) is 12.8 Å². The minimum atomic E-state index is -1.49. The first-order valence-corrected chi connectivity index (χ1v) is 5.16. The Balaban J connectivity index is 3.10. The number of carboxylic acid groups (broad SMARTS) is 4. The third kappa shape index (κ3) is 2.58. The van der Waals surface area contributed by atoms with Crippen LogP contribution in [0.15, 0.2) is 0 Å². The lowest BCUT2D eigenvalue weighted by atomic mass is 9.84. The number of carboxylic acids is 4. The first-order chi connectivity index (χ1) is 8.25. The molecule has 4 N–H and O–H groups in total. The molecule has 0 amide bonds. The highest BCUT2D eigenvalue weighted by atomic mass is 16.4. The van der Waals surface area contributed by atoms with Crippen LogP contribution in [-0.4, -0.2) is 44.3 Å². The highest BCUT2D eigenvalue weighted by Crippen LogP contribution is 2.44. The van der Waals surface area contributed by atoms with Crippen molar-refractivity contribution in [2.45, 2.75) is 12.8 Å². The summed E-state index contributed by atoms with van der Waals surface area (Å²) in [4.78, 5) is 43.5. The van der Waals surface area contributed by atoms with Crippen molar-refractivity contribution in [2.75, 3.05) is 0 Å². The van der Waals surface area contributed by atoms with E-state index in [2.05, 4.69) is 0 Å². The molecule has 0 spiro atoms. The molecule has 18 heavy (non-hydrogen) atoms. The third-order valence-corrected chi connectivity index (χ3v) is 3.25. The number of hydrogen-bond donors (Lipinski definition) is 4.